The molecule has 1 fully saturated rings. The van der Waals surface area contributed by atoms with Crippen molar-refractivity contribution in [3.63, 3.8) is 0 Å². The average molecular weight is 329 g/mol. The van der Waals surface area contributed by atoms with Crippen LogP contribution in [0.1, 0.15) is 24.4 Å². The van der Waals surface area contributed by atoms with Gasteiger partial charge < -0.3 is 10.2 Å². The smallest absolute Gasteiger partial charge is 0.321 e. The number of nitrogens with zero attached hydrogens (tertiary/aromatic N) is 4. The highest BCUT2D eigenvalue weighted by atomic mass is 16.6. The lowest BCUT2D eigenvalue weighted by molar-refractivity contribution is -0.385. The summed E-state index contributed by atoms with van der Waals surface area (Å²) in [5.41, 5.74) is 1.12. The first-order valence-corrected chi connectivity index (χ1v) is 7.84. The van der Waals surface area contributed by atoms with E-state index < -0.39 is 4.92 Å². The van der Waals surface area contributed by atoms with Gasteiger partial charge in [-0.3, -0.25) is 14.8 Å². The SMILES string of the molecule is Cc1cc(NC(=O)N2CCC[C@@H](n3cccn3)C2)ccc1[N+](=O)[O-]. The number of aryl methyl sites for hydroxylation is 1. The molecular formula is C16H19N5O3. The van der Waals surface area contributed by atoms with Crippen molar-refractivity contribution in [2.45, 2.75) is 25.8 Å². The zero-order chi connectivity index (χ0) is 17.1. The van der Waals surface area contributed by atoms with E-state index in [0.29, 0.717) is 24.3 Å². The van der Waals surface area contributed by atoms with Gasteiger partial charge in [-0.1, -0.05) is 0 Å². The lowest BCUT2D eigenvalue weighted by Crippen LogP contribution is -2.43. The van der Waals surface area contributed by atoms with Crippen LogP contribution in [0.4, 0.5) is 16.2 Å². The Morgan fingerprint density at radius 3 is 2.96 bits per heavy atom. The topological polar surface area (TPSA) is 93.3 Å². The molecule has 24 heavy (non-hydrogen) atoms. The van der Waals surface area contributed by atoms with E-state index in [2.05, 4.69) is 10.4 Å². The predicted octanol–water partition coefficient (Wildman–Crippen LogP) is 2.97. The summed E-state index contributed by atoms with van der Waals surface area (Å²) < 4.78 is 1.88. The number of nitrogens with one attached hydrogen (secondary N) is 1. The molecule has 1 aromatic carbocycles. The van der Waals surface area contributed by atoms with E-state index >= 15 is 0 Å². The second-order valence-electron chi connectivity index (χ2n) is 5.92. The molecule has 2 amide bonds. The number of hydrogen-bond acceptors (Lipinski definition) is 4. The number of urea groups is 1. The Balaban J connectivity index is 1.66. The summed E-state index contributed by atoms with van der Waals surface area (Å²) in [4.78, 5) is 24.6. The number of nitro benzene ring substituents is 1. The minimum absolute atomic E-state index is 0.0460. The first kappa shape index (κ1) is 16.0. The number of carbonyl (C=O) groups is 1. The molecule has 1 aliphatic rings. The molecule has 0 unspecified atom stereocenters. The fourth-order valence-electron chi connectivity index (χ4n) is 2.99. The molecule has 2 aromatic rings. The van der Waals surface area contributed by atoms with Crippen LogP contribution in [0.5, 0.6) is 0 Å². The van der Waals surface area contributed by atoms with Crippen LogP contribution in [0, 0.1) is 17.0 Å². The quantitative estimate of drug-likeness (QED) is 0.692. The maximum atomic E-state index is 12.5. The molecule has 126 valence electrons. The number of likely N-dealkylation sites (tertiary alicyclic amines) is 1. The van der Waals surface area contributed by atoms with Crippen LogP contribution in [0.3, 0.4) is 0 Å². The van der Waals surface area contributed by atoms with Crippen molar-refractivity contribution >= 4 is 17.4 Å². The molecule has 1 saturated heterocycles. The summed E-state index contributed by atoms with van der Waals surface area (Å²) in [5.74, 6) is 0. The minimum atomic E-state index is -0.430. The van der Waals surface area contributed by atoms with E-state index in [0.717, 1.165) is 12.8 Å². The molecule has 2 heterocycles. The molecule has 1 N–H and O–H groups in total. The third-order valence-electron chi connectivity index (χ3n) is 4.23. The molecular weight excluding hydrogens is 310 g/mol. The Morgan fingerprint density at radius 1 is 1.46 bits per heavy atom. The lowest BCUT2D eigenvalue weighted by Gasteiger charge is -2.32. The van der Waals surface area contributed by atoms with Crippen LogP contribution in [0.15, 0.2) is 36.7 Å². The van der Waals surface area contributed by atoms with E-state index in [1.807, 2.05) is 16.9 Å². The van der Waals surface area contributed by atoms with Crippen LogP contribution in [0.25, 0.3) is 0 Å². The van der Waals surface area contributed by atoms with Gasteiger partial charge in [0.15, 0.2) is 0 Å². The van der Waals surface area contributed by atoms with Crippen molar-refractivity contribution in [3.8, 4) is 0 Å². The van der Waals surface area contributed by atoms with Crippen LogP contribution < -0.4 is 5.32 Å². The molecule has 0 radical (unpaired) electrons. The highest BCUT2D eigenvalue weighted by molar-refractivity contribution is 5.89. The van der Waals surface area contributed by atoms with Gasteiger partial charge >= 0.3 is 6.03 Å². The molecule has 0 spiro atoms. The highest BCUT2D eigenvalue weighted by Gasteiger charge is 2.25. The van der Waals surface area contributed by atoms with Crippen LogP contribution in [-0.2, 0) is 0 Å². The van der Waals surface area contributed by atoms with Crippen molar-refractivity contribution in [1.82, 2.24) is 14.7 Å². The van der Waals surface area contributed by atoms with Gasteiger partial charge in [-0.05, 0) is 38.0 Å². The Kier molecular flexibility index (Phi) is 4.45. The summed E-state index contributed by atoms with van der Waals surface area (Å²) in [7, 11) is 0. The summed E-state index contributed by atoms with van der Waals surface area (Å²) >= 11 is 0. The number of anilines is 1. The molecule has 3 rings (SSSR count). The number of piperidine rings is 1. The van der Waals surface area contributed by atoms with Crippen LogP contribution in [0.2, 0.25) is 0 Å². The number of hydrogen-bond donors (Lipinski definition) is 1. The van der Waals surface area contributed by atoms with Gasteiger partial charge in [-0.25, -0.2) is 4.79 Å². The molecule has 1 atom stereocenters. The zero-order valence-electron chi connectivity index (χ0n) is 13.4. The standard InChI is InChI=1S/C16H19N5O3/c1-12-10-13(5-6-15(12)21(23)24)18-16(22)19-8-2-4-14(11-19)20-9-3-7-17-20/h3,5-7,9-10,14H,2,4,8,11H2,1H3,(H,18,22)/t14-/m1/s1. The molecule has 8 heteroatoms. The number of carbonyl (C=O) groups excluding carboxylic acids is 1. The number of amides is 2. The van der Waals surface area contributed by atoms with E-state index in [4.69, 9.17) is 0 Å². The molecule has 0 aliphatic carbocycles. The average Bonchev–Trinajstić information content (AvgIpc) is 3.09. The van der Waals surface area contributed by atoms with Crippen molar-refractivity contribution in [1.29, 1.82) is 0 Å². The maximum absolute atomic E-state index is 12.5. The second kappa shape index (κ2) is 6.69. The summed E-state index contributed by atoms with van der Waals surface area (Å²) in [6, 6.07) is 6.44. The van der Waals surface area contributed by atoms with Gasteiger partial charge in [0.1, 0.15) is 0 Å². The number of nitro groups is 1. The number of benzene rings is 1. The molecule has 0 saturated carbocycles. The Hall–Kier alpha value is -2.90. The number of rotatable bonds is 3. The van der Waals surface area contributed by atoms with Gasteiger partial charge in [0.05, 0.1) is 11.0 Å². The van der Waals surface area contributed by atoms with Crippen LogP contribution in [-0.4, -0.2) is 38.7 Å². The third-order valence-corrected chi connectivity index (χ3v) is 4.23. The van der Waals surface area contributed by atoms with Gasteiger partial charge in [-0.15, -0.1) is 0 Å². The van der Waals surface area contributed by atoms with Crippen molar-refractivity contribution in [2.24, 2.45) is 0 Å². The summed E-state index contributed by atoms with van der Waals surface area (Å²) in [6.45, 7) is 2.94. The van der Waals surface area contributed by atoms with E-state index in [9.17, 15) is 14.9 Å². The summed E-state index contributed by atoms with van der Waals surface area (Å²) in [5, 5.41) is 17.9. The maximum Gasteiger partial charge on any atom is 0.321 e. The minimum Gasteiger partial charge on any atom is -0.322 e. The lowest BCUT2D eigenvalue weighted by atomic mass is 10.1. The van der Waals surface area contributed by atoms with Crippen molar-refractivity contribution in [2.75, 3.05) is 18.4 Å². The normalized spacial score (nSPS) is 17.5. The Bertz CT molecular complexity index is 744. The Labute approximate surface area is 139 Å². The zero-order valence-corrected chi connectivity index (χ0v) is 13.4. The first-order chi connectivity index (χ1) is 11.5. The highest BCUT2D eigenvalue weighted by Crippen LogP contribution is 2.24. The predicted molar refractivity (Wildman–Crippen MR) is 88.9 cm³/mol. The van der Waals surface area contributed by atoms with E-state index in [1.54, 1.807) is 30.2 Å². The van der Waals surface area contributed by atoms with E-state index in [1.165, 1.54) is 6.07 Å². The Morgan fingerprint density at radius 2 is 2.29 bits per heavy atom. The van der Waals surface area contributed by atoms with Crippen LogP contribution >= 0.6 is 0 Å². The monoisotopic (exact) mass is 329 g/mol. The van der Waals surface area contributed by atoms with Gasteiger partial charge in [0, 0.05) is 42.8 Å². The van der Waals surface area contributed by atoms with Crippen molar-refractivity contribution in [3.05, 3.63) is 52.3 Å². The molecule has 8 nitrogen and oxygen atoms in total. The van der Waals surface area contributed by atoms with Crippen molar-refractivity contribution < 1.29 is 9.72 Å². The number of aromatic nitrogens is 2. The van der Waals surface area contributed by atoms with Gasteiger partial charge in [0.25, 0.3) is 5.69 Å². The van der Waals surface area contributed by atoms with Gasteiger partial charge in [0.2, 0.25) is 0 Å². The van der Waals surface area contributed by atoms with E-state index in [-0.39, 0.29) is 17.8 Å². The summed E-state index contributed by atoms with van der Waals surface area (Å²) in [6.07, 6.45) is 5.55. The second-order valence-corrected chi connectivity index (χ2v) is 5.92. The fourth-order valence-corrected chi connectivity index (χ4v) is 2.99. The molecule has 1 aromatic heterocycles. The molecule has 1 aliphatic heterocycles. The third kappa shape index (κ3) is 3.37. The molecule has 0 bridgehead atoms. The van der Waals surface area contributed by atoms with Gasteiger partial charge in [-0.2, -0.15) is 5.10 Å². The fraction of sp³-hybridized carbons (Fsp3) is 0.375. The largest absolute Gasteiger partial charge is 0.322 e. The first-order valence-electron chi connectivity index (χ1n) is 7.84.